The molecule has 1 rings (SSSR count). The number of nitrogens with one attached hydrogen (secondary N) is 2. The van der Waals surface area contributed by atoms with E-state index in [4.69, 9.17) is 16.3 Å². The summed E-state index contributed by atoms with van der Waals surface area (Å²) in [7, 11) is 1.73. The van der Waals surface area contributed by atoms with Gasteiger partial charge in [-0.15, -0.1) is 10.2 Å². The molecule has 0 aliphatic carbocycles. The number of carbonyl (C=O) groups is 1. The molecule has 6 N–H and O–H groups in total. The van der Waals surface area contributed by atoms with Crippen LogP contribution in [0.15, 0.2) is 34.5 Å². The van der Waals surface area contributed by atoms with Crippen molar-refractivity contribution in [2.24, 2.45) is 27.1 Å². The highest BCUT2D eigenvalue weighted by Crippen LogP contribution is 2.19. The minimum absolute atomic E-state index is 0.0147. The van der Waals surface area contributed by atoms with Crippen LogP contribution in [0.4, 0.5) is 0 Å². The maximum absolute atomic E-state index is 12.1. The molecule has 0 spiro atoms. The van der Waals surface area contributed by atoms with Gasteiger partial charge in [-0.05, 0) is 24.3 Å². The SMILES string of the molecule is CNOCC(C)(C)CCNC(=O)Cc1ccc(/C(N)=N/N=C(/C)N)cc1. The molecule has 0 aliphatic rings. The molecule has 0 saturated carbocycles. The molecular formula is C18H30N6O2. The summed E-state index contributed by atoms with van der Waals surface area (Å²) < 4.78 is 0. The lowest BCUT2D eigenvalue weighted by atomic mass is 9.90. The van der Waals surface area contributed by atoms with Gasteiger partial charge < -0.3 is 21.6 Å². The topological polar surface area (TPSA) is 127 Å². The van der Waals surface area contributed by atoms with Gasteiger partial charge in [0.15, 0.2) is 5.84 Å². The van der Waals surface area contributed by atoms with Crippen molar-refractivity contribution in [2.75, 3.05) is 20.2 Å². The van der Waals surface area contributed by atoms with Crippen molar-refractivity contribution >= 4 is 17.6 Å². The molecule has 0 aliphatic heterocycles. The fourth-order valence-electron chi connectivity index (χ4n) is 2.11. The Bertz CT molecular complexity index is 634. The van der Waals surface area contributed by atoms with Gasteiger partial charge in [0.2, 0.25) is 5.91 Å². The fourth-order valence-corrected chi connectivity index (χ4v) is 2.11. The van der Waals surface area contributed by atoms with Crippen LogP contribution in [0.3, 0.4) is 0 Å². The van der Waals surface area contributed by atoms with Crippen LogP contribution in [0.5, 0.6) is 0 Å². The summed E-state index contributed by atoms with van der Waals surface area (Å²) in [6.45, 7) is 7.01. The molecule has 0 atom stereocenters. The average molecular weight is 362 g/mol. The second-order valence-corrected chi connectivity index (χ2v) is 6.86. The first-order valence-corrected chi connectivity index (χ1v) is 8.51. The molecule has 1 aromatic carbocycles. The number of rotatable bonds is 10. The number of nitrogens with zero attached hydrogens (tertiary/aromatic N) is 2. The molecule has 0 saturated heterocycles. The fraction of sp³-hybridized carbons (Fsp3) is 0.500. The van der Waals surface area contributed by atoms with E-state index in [1.54, 1.807) is 26.1 Å². The van der Waals surface area contributed by atoms with Gasteiger partial charge in [-0.1, -0.05) is 38.1 Å². The Morgan fingerprint density at radius 3 is 2.42 bits per heavy atom. The highest BCUT2D eigenvalue weighted by atomic mass is 16.6. The third-order valence-electron chi connectivity index (χ3n) is 3.66. The van der Waals surface area contributed by atoms with Crippen LogP contribution < -0.4 is 22.3 Å². The van der Waals surface area contributed by atoms with Crippen LogP contribution in [0, 0.1) is 5.41 Å². The minimum atomic E-state index is -0.0203. The number of hydrogen-bond donors (Lipinski definition) is 4. The molecule has 0 radical (unpaired) electrons. The summed E-state index contributed by atoms with van der Waals surface area (Å²) in [5, 5.41) is 10.5. The maximum Gasteiger partial charge on any atom is 0.224 e. The Morgan fingerprint density at radius 2 is 1.85 bits per heavy atom. The van der Waals surface area contributed by atoms with E-state index in [0.29, 0.717) is 25.4 Å². The van der Waals surface area contributed by atoms with Crippen LogP contribution in [0.25, 0.3) is 0 Å². The first kappa shape index (κ1) is 21.6. The summed E-state index contributed by atoms with van der Waals surface area (Å²) >= 11 is 0. The first-order valence-electron chi connectivity index (χ1n) is 8.51. The Morgan fingerprint density at radius 1 is 1.19 bits per heavy atom. The van der Waals surface area contributed by atoms with Crippen LogP contribution >= 0.6 is 0 Å². The zero-order valence-electron chi connectivity index (χ0n) is 16.0. The third kappa shape index (κ3) is 8.59. The summed E-state index contributed by atoms with van der Waals surface area (Å²) in [6.07, 6.45) is 1.14. The van der Waals surface area contributed by atoms with Crippen LogP contribution in [0.2, 0.25) is 0 Å². The zero-order chi connectivity index (χ0) is 19.6. The number of hydrogen-bond acceptors (Lipinski definition) is 5. The molecular weight excluding hydrogens is 332 g/mol. The summed E-state index contributed by atoms with van der Waals surface area (Å²) in [4.78, 5) is 17.3. The van der Waals surface area contributed by atoms with Gasteiger partial charge in [-0.25, -0.2) is 5.48 Å². The molecule has 0 heterocycles. The lowest BCUT2D eigenvalue weighted by molar-refractivity contribution is -0.120. The Balaban J connectivity index is 2.48. The molecule has 144 valence electrons. The monoisotopic (exact) mass is 362 g/mol. The summed E-state index contributed by atoms with van der Waals surface area (Å²) in [5.41, 5.74) is 15.5. The second-order valence-electron chi connectivity index (χ2n) is 6.86. The van der Waals surface area contributed by atoms with Gasteiger partial charge in [0.25, 0.3) is 0 Å². The number of amidine groups is 2. The van der Waals surface area contributed by atoms with E-state index < -0.39 is 0 Å². The number of benzene rings is 1. The quantitative estimate of drug-likeness (QED) is 0.279. The predicted molar refractivity (Wildman–Crippen MR) is 105 cm³/mol. The van der Waals surface area contributed by atoms with E-state index in [-0.39, 0.29) is 17.2 Å². The lowest BCUT2D eigenvalue weighted by Gasteiger charge is -2.23. The lowest BCUT2D eigenvalue weighted by Crippen LogP contribution is -2.32. The van der Waals surface area contributed by atoms with Crippen molar-refractivity contribution in [3.63, 3.8) is 0 Å². The van der Waals surface area contributed by atoms with Gasteiger partial charge in [0.1, 0.15) is 5.84 Å². The second kappa shape index (κ2) is 10.5. The highest BCUT2D eigenvalue weighted by Gasteiger charge is 2.18. The molecule has 8 nitrogen and oxygen atoms in total. The van der Waals surface area contributed by atoms with Crippen molar-refractivity contribution in [3.8, 4) is 0 Å². The molecule has 8 heteroatoms. The van der Waals surface area contributed by atoms with E-state index in [9.17, 15) is 4.79 Å². The van der Waals surface area contributed by atoms with Gasteiger partial charge in [0, 0.05) is 19.2 Å². The molecule has 0 fully saturated rings. The van der Waals surface area contributed by atoms with E-state index in [1.807, 2.05) is 12.1 Å². The largest absolute Gasteiger partial charge is 0.386 e. The molecule has 1 amide bonds. The standard InChI is InChI=1S/C18H30N6O2/c1-13(19)23-24-17(20)15-7-5-14(6-8-15)11-16(25)22-10-9-18(2,3)12-26-21-4/h5-8,21H,9-12H2,1-4H3,(H2,19,23)(H2,20,24)(H,22,25). The predicted octanol–water partition coefficient (Wildman–Crippen LogP) is 0.910. The van der Waals surface area contributed by atoms with Crippen LogP contribution in [-0.4, -0.2) is 37.8 Å². The molecule has 0 bridgehead atoms. The van der Waals surface area contributed by atoms with E-state index in [0.717, 1.165) is 17.5 Å². The number of hydroxylamine groups is 1. The molecule has 0 aromatic heterocycles. The minimum Gasteiger partial charge on any atom is -0.386 e. The maximum atomic E-state index is 12.1. The Hall–Kier alpha value is -2.45. The van der Waals surface area contributed by atoms with Crippen molar-refractivity contribution in [2.45, 2.75) is 33.6 Å². The third-order valence-corrected chi connectivity index (χ3v) is 3.66. The Labute approximate surface area is 155 Å². The summed E-state index contributed by atoms with van der Waals surface area (Å²) in [5.74, 6) is 0.590. The highest BCUT2D eigenvalue weighted by molar-refractivity contribution is 5.97. The van der Waals surface area contributed by atoms with E-state index in [2.05, 4.69) is 34.8 Å². The number of nitrogens with two attached hydrogens (primary N) is 2. The van der Waals surface area contributed by atoms with E-state index >= 15 is 0 Å². The first-order chi connectivity index (χ1) is 12.2. The van der Waals surface area contributed by atoms with Crippen molar-refractivity contribution in [1.82, 2.24) is 10.8 Å². The van der Waals surface area contributed by atoms with Gasteiger partial charge in [-0.2, -0.15) is 0 Å². The Kier molecular flexibility index (Phi) is 8.74. The van der Waals surface area contributed by atoms with E-state index in [1.165, 1.54) is 0 Å². The van der Waals surface area contributed by atoms with Crippen molar-refractivity contribution in [3.05, 3.63) is 35.4 Å². The molecule has 26 heavy (non-hydrogen) atoms. The zero-order valence-corrected chi connectivity index (χ0v) is 16.0. The van der Waals surface area contributed by atoms with Gasteiger partial charge in [-0.3, -0.25) is 4.79 Å². The summed E-state index contributed by atoms with van der Waals surface area (Å²) in [6, 6.07) is 7.31. The van der Waals surface area contributed by atoms with Crippen LogP contribution in [0.1, 0.15) is 38.3 Å². The molecule has 0 unspecified atom stereocenters. The van der Waals surface area contributed by atoms with Crippen molar-refractivity contribution in [1.29, 1.82) is 0 Å². The molecule has 1 aromatic rings. The number of carbonyl (C=O) groups excluding carboxylic acids is 1. The van der Waals surface area contributed by atoms with Crippen LogP contribution in [-0.2, 0) is 16.1 Å². The van der Waals surface area contributed by atoms with Gasteiger partial charge in [0.05, 0.1) is 13.0 Å². The van der Waals surface area contributed by atoms with Gasteiger partial charge >= 0.3 is 0 Å². The normalized spacial score (nSPS) is 12.9. The van der Waals surface area contributed by atoms with Crippen molar-refractivity contribution < 1.29 is 9.63 Å². The smallest absolute Gasteiger partial charge is 0.224 e. The average Bonchev–Trinajstić information content (AvgIpc) is 2.58. The number of amides is 1.